The Kier molecular flexibility index (Phi) is 6.73. The van der Waals surface area contributed by atoms with E-state index in [-0.39, 0.29) is 32.9 Å². The second kappa shape index (κ2) is 9.29. The van der Waals surface area contributed by atoms with Crippen molar-refractivity contribution in [1.82, 2.24) is 0 Å². The van der Waals surface area contributed by atoms with Crippen molar-refractivity contribution in [1.29, 1.82) is 0 Å². The van der Waals surface area contributed by atoms with Crippen LogP contribution in [0.4, 0.5) is 22.7 Å². The molecule has 31 heavy (non-hydrogen) atoms. The molecule has 0 aliphatic heterocycles. The fourth-order valence-electron chi connectivity index (χ4n) is 2.79. The number of nitrogens with zero attached hydrogens (tertiary/aromatic N) is 4. The summed E-state index contributed by atoms with van der Waals surface area (Å²) in [4.78, 5) is -0.285. The molecule has 0 fully saturated rings. The highest BCUT2D eigenvalue weighted by Gasteiger charge is 2.18. The molecule has 3 rings (SSSR count). The number of nitrogens with one attached hydrogen (secondary N) is 1. The zero-order valence-corrected chi connectivity index (χ0v) is 18.1. The SMILES string of the molecule is CN=Nc1c(S(=O)[O-])cc2c(N=Nc3ccccc3)c(NCS(C)(=O)=O)ccc2c1O. The Balaban J connectivity index is 2.29. The minimum atomic E-state index is -3.36. The van der Waals surface area contributed by atoms with E-state index in [1.165, 1.54) is 25.2 Å². The van der Waals surface area contributed by atoms with Crippen molar-refractivity contribution in [3.05, 3.63) is 48.5 Å². The van der Waals surface area contributed by atoms with Crippen LogP contribution in [0.2, 0.25) is 0 Å². The molecule has 0 saturated heterocycles. The van der Waals surface area contributed by atoms with Gasteiger partial charge in [0, 0.05) is 24.1 Å². The summed E-state index contributed by atoms with van der Waals surface area (Å²) in [6.45, 7) is 0. The van der Waals surface area contributed by atoms with Gasteiger partial charge in [0.25, 0.3) is 0 Å². The summed E-state index contributed by atoms with van der Waals surface area (Å²) in [5.41, 5.74) is 0.782. The topological polar surface area (TPSA) is 156 Å². The lowest BCUT2D eigenvalue weighted by Crippen LogP contribution is -2.12. The summed E-state index contributed by atoms with van der Waals surface area (Å²) in [6, 6.07) is 13.1. The van der Waals surface area contributed by atoms with Gasteiger partial charge >= 0.3 is 0 Å². The predicted octanol–water partition coefficient (Wildman–Crippen LogP) is 4.33. The molecule has 2 N–H and O–H groups in total. The third kappa shape index (κ3) is 5.29. The number of azo groups is 2. The van der Waals surface area contributed by atoms with Gasteiger partial charge in [0.05, 0.1) is 16.3 Å². The zero-order chi connectivity index (χ0) is 22.6. The fraction of sp³-hybridized carbons (Fsp3) is 0.158. The lowest BCUT2D eigenvalue weighted by molar-refractivity contribution is 0.480. The summed E-state index contributed by atoms with van der Waals surface area (Å²) < 4.78 is 46.8. The molecule has 1 atom stereocenters. The molecule has 162 valence electrons. The minimum absolute atomic E-state index is 0.159. The van der Waals surface area contributed by atoms with E-state index in [1.807, 2.05) is 6.07 Å². The van der Waals surface area contributed by atoms with Crippen molar-refractivity contribution in [2.75, 3.05) is 24.5 Å². The van der Waals surface area contributed by atoms with E-state index in [1.54, 1.807) is 24.3 Å². The number of hydrogen-bond donors (Lipinski definition) is 2. The molecule has 0 bridgehead atoms. The Morgan fingerprint density at radius 1 is 1.03 bits per heavy atom. The number of phenols is 1. The summed E-state index contributed by atoms with van der Waals surface area (Å²) in [7, 11) is -2.02. The summed E-state index contributed by atoms with van der Waals surface area (Å²) >= 11 is -2.73. The largest absolute Gasteiger partial charge is 0.768 e. The van der Waals surface area contributed by atoms with Crippen LogP contribution < -0.4 is 5.32 Å². The number of hydrogen-bond acceptors (Lipinski definition) is 10. The van der Waals surface area contributed by atoms with E-state index in [9.17, 15) is 22.3 Å². The smallest absolute Gasteiger partial charge is 0.165 e. The Morgan fingerprint density at radius 2 is 1.74 bits per heavy atom. The van der Waals surface area contributed by atoms with E-state index < -0.39 is 26.7 Å². The molecule has 12 heteroatoms. The molecular formula is C19H18N5O5S2-. The molecule has 0 radical (unpaired) electrons. The molecule has 10 nitrogen and oxygen atoms in total. The summed E-state index contributed by atoms with van der Waals surface area (Å²) in [5.74, 6) is -0.769. The number of benzene rings is 3. The molecule has 0 amide bonds. The standard InChI is InChI=1S/C19H19N5O5S2/c1-20-23-18-16(30(26)27)10-14-13(19(18)25)8-9-15(21-11-31(2,28)29)17(14)24-22-12-6-4-3-5-7-12/h3-10,21,25H,11H2,1-2H3,(H,26,27)/p-1. The van der Waals surface area contributed by atoms with Crippen LogP contribution in [0, 0.1) is 0 Å². The first-order valence-electron chi connectivity index (χ1n) is 8.81. The first-order chi connectivity index (χ1) is 14.7. The van der Waals surface area contributed by atoms with Gasteiger partial charge in [0.15, 0.2) is 15.6 Å². The number of sulfone groups is 1. The lowest BCUT2D eigenvalue weighted by Gasteiger charge is -2.15. The molecule has 3 aromatic carbocycles. The van der Waals surface area contributed by atoms with Crippen molar-refractivity contribution >= 4 is 54.4 Å². The first kappa shape index (κ1) is 22.5. The average Bonchev–Trinajstić information content (AvgIpc) is 2.72. The van der Waals surface area contributed by atoms with Crippen LogP contribution in [0.1, 0.15) is 0 Å². The molecule has 0 aromatic heterocycles. The van der Waals surface area contributed by atoms with Gasteiger partial charge in [0.2, 0.25) is 0 Å². The molecule has 0 saturated carbocycles. The van der Waals surface area contributed by atoms with Crippen molar-refractivity contribution in [3.8, 4) is 5.75 Å². The van der Waals surface area contributed by atoms with Crippen molar-refractivity contribution < 1.29 is 22.3 Å². The van der Waals surface area contributed by atoms with Crippen molar-refractivity contribution in [2.45, 2.75) is 4.90 Å². The third-order valence-corrected chi connectivity index (χ3v) is 5.47. The van der Waals surface area contributed by atoms with Crippen LogP contribution in [0.15, 0.2) is 73.9 Å². The number of fused-ring (bicyclic) bond motifs is 1. The van der Waals surface area contributed by atoms with Gasteiger partial charge < -0.3 is 15.0 Å². The molecule has 0 heterocycles. The Labute approximate surface area is 181 Å². The average molecular weight is 461 g/mol. The van der Waals surface area contributed by atoms with Crippen LogP contribution in [-0.2, 0) is 20.9 Å². The minimum Gasteiger partial charge on any atom is -0.768 e. The van der Waals surface area contributed by atoms with Crippen molar-refractivity contribution in [2.24, 2.45) is 20.5 Å². The molecular weight excluding hydrogens is 442 g/mol. The maximum atomic E-state index is 11.8. The van der Waals surface area contributed by atoms with Crippen LogP contribution in [0.5, 0.6) is 5.75 Å². The number of aromatic hydroxyl groups is 1. The van der Waals surface area contributed by atoms with Gasteiger partial charge in [-0.15, -0.1) is 5.11 Å². The van der Waals surface area contributed by atoms with Crippen LogP contribution in [0.3, 0.4) is 0 Å². The highest BCUT2D eigenvalue weighted by molar-refractivity contribution is 7.90. The lowest BCUT2D eigenvalue weighted by atomic mass is 10.1. The van der Waals surface area contributed by atoms with E-state index in [4.69, 9.17) is 0 Å². The second-order valence-electron chi connectivity index (χ2n) is 6.45. The highest BCUT2D eigenvalue weighted by Crippen LogP contribution is 2.45. The molecule has 3 aromatic rings. The van der Waals surface area contributed by atoms with Gasteiger partial charge in [0.1, 0.15) is 17.3 Å². The van der Waals surface area contributed by atoms with Crippen molar-refractivity contribution in [3.63, 3.8) is 0 Å². The van der Waals surface area contributed by atoms with E-state index in [0.717, 1.165) is 6.26 Å². The molecule has 0 spiro atoms. The van der Waals surface area contributed by atoms with Gasteiger partial charge in [-0.1, -0.05) is 18.2 Å². The number of anilines is 1. The maximum absolute atomic E-state index is 11.8. The normalized spacial score (nSPS) is 13.3. The Bertz CT molecular complexity index is 1310. The van der Waals surface area contributed by atoms with E-state index >= 15 is 0 Å². The third-order valence-electron chi connectivity index (χ3n) is 4.13. The number of rotatable bonds is 7. The van der Waals surface area contributed by atoms with Gasteiger partial charge in [-0.3, -0.25) is 4.21 Å². The van der Waals surface area contributed by atoms with Gasteiger partial charge in [-0.2, -0.15) is 15.3 Å². The second-order valence-corrected chi connectivity index (χ2v) is 9.50. The Morgan fingerprint density at radius 3 is 2.35 bits per heavy atom. The van der Waals surface area contributed by atoms with Crippen LogP contribution in [-0.4, -0.2) is 41.5 Å². The molecule has 0 aliphatic carbocycles. The highest BCUT2D eigenvalue weighted by atomic mass is 32.2. The van der Waals surface area contributed by atoms with Crippen LogP contribution in [0.25, 0.3) is 10.8 Å². The fourth-order valence-corrected chi connectivity index (χ4v) is 3.72. The Hall–Kier alpha value is -3.22. The predicted molar refractivity (Wildman–Crippen MR) is 117 cm³/mol. The van der Waals surface area contributed by atoms with Gasteiger partial charge in [-0.25, -0.2) is 8.42 Å². The molecule has 0 aliphatic rings. The van der Waals surface area contributed by atoms with Crippen LogP contribution >= 0.6 is 0 Å². The number of phenolic OH excluding ortho intramolecular Hbond substituents is 1. The summed E-state index contributed by atoms with van der Waals surface area (Å²) in [5, 5.41) is 29.6. The van der Waals surface area contributed by atoms with E-state index in [0.29, 0.717) is 11.4 Å². The summed E-state index contributed by atoms with van der Waals surface area (Å²) in [6.07, 6.45) is 1.07. The first-order valence-corrected chi connectivity index (χ1v) is 11.9. The zero-order valence-electron chi connectivity index (χ0n) is 16.5. The monoisotopic (exact) mass is 460 g/mol. The maximum Gasteiger partial charge on any atom is 0.165 e. The quantitative estimate of drug-likeness (QED) is 0.395. The molecule has 1 unspecified atom stereocenters. The van der Waals surface area contributed by atoms with Gasteiger partial charge in [-0.05, 0) is 41.4 Å². The van der Waals surface area contributed by atoms with E-state index in [2.05, 4.69) is 25.8 Å².